The van der Waals surface area contributed by atoms with Gasteiger partial charge in [-0.3, -0.25) is 4.79 Å². The molecule has 0 saturated heterocycles. The zero-order valence-corrected chi connectivity index (χ0v) is 12.7. The van der Waals surface area contributed by atoms with E-state index in [9.17, 15) is 4.79 Å². The predicted octanol–water partition coefficient (Wildman–Crippen LogP) is 3.36. The van der Waals surface area contributed by atoms with Gasteiger partial charge in [0.1, 0.15) is 0 Å². The van der Waals surface area contributed by atoms with Crippen LogP contribution in [0, 0.1) is 0 Å². The van der Waals surface area contributed by atoms with Crippen molar-refractivity contribution in [2.24, 2.45) is 0 Å². The van der Waals surface area contributed by atoms with Gasteiger partial charge in [-0.2, -0.15) is 0 Å². The first-order chi connectivity index (χ1) is 8.43. The molecule has 0 radical (unpaired) electrons. The molecule has 0 aromatic heterocycles. The molecule has 0 atom stereocenters. The molecule has 0 spiro atoms. The quantitative estimate of drug-likeness (QED) is 0.643. The van der Waals surface area contributed by atoms with Crippen molar-refractivity contribution < 1.29 is 9.90 Å². The van der Waals surface area contributed by atoms with Gasteiger partial charge in [0.25, 0.3) is 0 Å². The highest BCUT2D eigenvalue weighted by Crippen LogP contribution is 2.17. The van der Waals surface area contributed by atoms with Crippen molar-refractivity contribution in [3.8, 4) is 0 Å². The Balaban J connectivity index is 4.06. The van der Waals surface area contributed by atoms with Gasteiger partial charge >= 0.3 is 0 Å². The second-order valence-electron chi connectivity index (χ2n) is 5.96. The molecule has 3 heteroatoms. The minimum Gasteiger partial charge on any atom is -0.396 e. The zero-order valence-electron chi connectivity index (χ0n) is 12.7. The van der Waals surface area contributed by atoms with Crippen LogP contribution < -0.4 is 0 Å². The minimum atomic E-state index is -0.143. The van der Waals surface area contributed by atoms with E-state index in [0.717, 1.165) is 12.8 Å². The second kappa shape index (κ2) is 9.37. The van der Waals surface area contributed by atoms with Crippen LogP contribution in [0.5, 0.6) is 0 Å². The van der Waals surface area contributed by atoms with Gasteiger partial charge < -0.3 is 10.0 Å². The molecule has 3 nitrogen and oxygen atoms in total. The van der Waals surface area contributed by atoms with Crippen molar-refractivity contribution in [1.29, 1.82) is 0 Å². The topological polar surface area (TPSA) is 40.5 Å². The van der Waals surface area contributed by atoms with Crippen LogP contribution in [0.25, 0.3) is 0 Å². The SMILES string of the molecule is CCCCCCCC(=O)N(CCCO)C(C)(C)C. The van der Waals surface area contributed by atoms with Gasteiger partial charge in [-0.05, 0) is 33.6 Å². The van der Waals surface area contributed by atoms with Crippen LogP contribution in [0.15, 0.2) is 0 Å². The maximum atomic E-state index is 12.2. The number of hydrogen-bond donors (Lipinski definition) is 1. The molecule has 0 saturated carbocycles. The predicted molar refractivity (Wildman–Crippen MR) is 76.5 cm³/mol. The molecule has 18 heavy (non-hydrogen) atoms. The van der Waals surface area contributed by atoms with E-state index >= 15 is 0 Å². The summed E-state index contributed by atoms with van der Waals surface area (Å²) >= 11 is 0. The fraction of sp³-hybridized carbons (Fsp3) is 0.933. The summed E-state index contributed by atoms with van der Waals surface area (Å²) in [6.45, 7) is 9.17. The summed E-state index contributed by atoms with van der Waals surface area (Å²) in [5.41, 5.74) is -0.143. The Bertz CT molecular complexity index is 221. The van der Waals surface area contributed by atoms with Crippen molar-refractivity contribution in [1.82, 2.24) is 4.90 Å². The van der Waals surface area contributed by atoms with E-state index < -0.39 is 0 Å². The molecule has 0 aliphatic heterocycles. The Morgan fingerprint density at radius 2 is 1.67 bits per heavy atom. The number of nitrogens with zero attached hydrogens (tertiary/aromatic N) is 1. The van der Waals surface area contributed by atoms with E-state index in [1.54, 1.807) is 0 Å². The van der Waals surface area contributed by atoms with Crippen LogP contribution in [0.2, 0.25) is 0 Å². The molecule has 0 aromatic carbocycles. The Hall–Kier alpha value is -0.570. The summed E-state index contributed by atoms with van der Waals surface area (Å²) in [7, 11) is 0. The van der Waals surface area contributed by atoms with E-state index in [1.807, 2.05) is 4.90 Å². The summed E-state index contributed by atoms with van der Waals surface area (Å²) in [4.78, 5) is 14.1. The van der Waals surface area contributed by atoms with Gasteiger partial charge in [0.05, 0.1) is 0 Å². The minimum absolute atomic E-state index is 0.143. The molecule has 0 aromatic rings. The smallest absolute Gasteiger partial charge is 0.222 e. The fourth-order valence-corrected chi connectivity index (χ4v) is 2.08. The van der Waals surface area contributed by atoms with Crippen LogP contribution in [-0.2, 0) is 4.79 Å². The Morgan fingerprint density at radius 1 is 1.06 bits per heavy atom. The monoisotopic (exact) mass is 257 g/mol. The summed E-state index contributed by atoms with van der Waals surface area (Å²) in [6, 6.07) is 0. The van der Waals surface area contributed by atoms with Gasteiger partial charge in [-0.25, -0.2) is 0 Å². The van der Waals surface area contributed by atoms with Gasteiger partial charge in [0.2, 0.25) is 5.91 Å². The van der Waals surface area contributed by atoms with E-state index in [4.69, 9.17) is 5.11 Å². The fourth-order valence-electron chi connectivity index (χ4n) is 2.08. The summed E-state index contributed by atoms with van der Waals surface area (Å²) in [5, 5.41) is 8.90. The average Bonchev–Trinajstić information content (AvgIpc) is 2.27. The number of hydrogen-bond acceptors (Lipinski definition) is 2. The van der Waals surface area contributed by atoms with Crippen molar-refractivity contribution >= 4 is 5.91 Å². The number of aliphatic hydroxyl groups excluding tert-OH is 1. The third kappa shape index (κ3) is 7.70. The number of rotatable bonds is 9. The normalized spacial score (nSPS) is 11.6. The van der Waals surface area contributed by atoms with E-state index in [0.29, 0.717) is 19.4 Å². The summed E-state index contributed by atoms with van der Waals surface area (Å²) in [6.07, 6.45) is 7.18. The number of unbranched alkanes of at least 4 members (excludes halogenated alkanes) is 4. The average molecular weight is 257 g/mol. The van der Waals surface area contributed by atoms with Gasteiger partial charge in [-0.1, -0.05) is 32.6 Å². The van der Waals surface area contributed by atoms with Crippen molar-refractivity contribution in [3.63, 3.8) is 0 Å². The molecule has 1 N–H and O–H groups in total. The highest BCUT2D eigenvalue weighted by Gasteiger charge is 2.25. The van der Waals surface area contributed by atoms with Crippen LogP contribution in [0.3, 0.4) is 0 Å². The van der Waals surface area contributed by atoms with Crippen molar-refractivity contribution in [2.75, 3.05) is 13.2 Å². The number of aliphatic hydroxyl groups is 1. The van der Waals surface area contributed by atoms with Gasteiger partial charge in [0, 0.05) is 25.1 Å². The lowest BCUT2D eigenvalue weighted by atomic mass is 10.0. The number of carbonyl (C=O) groups is 1. The Labute approximate surface area is 113 Å². The number of amides is 1. The van der Waals surface area contributed by atoms with Crippen LogP contribution >= 0.6 is 0 Å². The van der Waals surface area contributed by atoms with E-state index in [2.05, 4.69) is 27.7 Å². The highest BCUT2D eigenvalue weighted by atomic mass is 16.3. The van der Waals surface area contributed by atoms with Crippen LogP contribution in [0.1, 0.15) is 72.6 Å². The van der Waals surface area contributed by atoms with E-state index in [-0.39, 0.29) is 18.1 Å². The second-order valence-corrected chi connectivity index (χ2v) is 5.96. The largest absolute Gasteiger partial charge is 0.396 e. The Morgan fingerprint density at radius 3 is 2.17 bits per heavy atom. The molecule has 1 amide bonds. The van der Waals surface area contributed by atoms with Crippen molar-refractivity contribution in [2.45, 2.75) is 78.2 Å². The number of carbonyl (C=O) groups excluding carboxylic acids is 1. The molecule has 0 aliphatic rings. The van der Waals surface area contributed by atoms with Gasteiger partial charge in [0.15, 0.2) is 0 Å². The van der Waals surface area contributed by atoms with Crippen LogP contribution in [-0.4, -0.2) is 34.6 Å². The standard InChI is InChI=1S/C15H31NO2/c1-5-6-7-8-9-11-14(18)16(12-10-13-17)15(2,3)4/h17H,5-13H2,1-4H3. The molecule has 0 fully saturated rings. The van der Waals surface area contributed by atoms with E-state index in [1.165, 1.54) is 19.3 Å². The van der Waals surface area contributed by atoms with Gasteiger partial charge in [-0.15, -0.1) is 0 Å². The van der Waals surface area contributed by atoms with Crippen LogP contribution in [0.4, 0.5) is 0 Å². The molecular weight excluding hydrogens is 226 g/mol. The zero-order chi connectivity index (χ0) is 14.0. The maximum absolute atomic E-state index is 12.2. The molecule has 0 heterocycles. The Kier molecular flexibility index (Phi) is 9.08. The third-order valence-electron chi connectivity index (χ3n) is 3.14. The lowest BCUT2D eigenvalue weighted by Gasteiger charge is -2.36. The first-order valence-corrected chi connectivity index (χ1v) is 7.34. The first-order valence-electron chi connectivity index (χ1n) is 7.34. The molecule has 108 valence electrons. The molecule has 0 bridgehead atoms. The third-order valence-corrected chi connectivity index (χ3v) is 3.14. The first kappa shape index (κ1) is 17.4. The lowest BCUT2D eigenvalue weighted by Crippen LogP contribution is -2.46. The summed E-state index contributed by atoms with van der Waals surface area (Å²) < 4.78 is 0. The molecule has 0 rings (SSSR count). The molecular formula is C15H31NO2. The molecule has 0 unspecified atom stereocenters. The summed E-state index contributed by atoms with van der Waals surface area (Å²) in [5.74, 6) is 0.229. The van der Waals surface area contributed by atoms with Crippen molar-refractivity contribution in [3.05, 3.63) is 0 Å². The highest BCUT2D eigenvalue weighted by molar-refractivity contribution is 5.76. The lowest BCUT2D eigenvalue weighted by molar-refractivity contribution is -0.136. The maximum Gasteiger partial charge on any atom is 0.222 e. The molecule has 0 aliphatic carbocycles.